The van der Waals surface area contributed by atoms with E-state index in [4.69, 9.17) is 4.74 Å². The van der Waals surface area contributed by atoms with Crippen molar-refractivity contribution in [2.45, 2.75) is 19.9 Å². The third kappa shape index (κ3) is 4.98. The van der Waals surface area contributed by atoms with Gasteiger partial charge in [0.25, 0.3) is 0 Å². The smallest absolute Gasteiger partial charge is 0.241 e. The number of ether oxygens (including phenoxy) is 1. The molecule has 2 aromatic rings. The first-order valence-electron chi connectivity index (χ1n) is 9.35. The predicted molar refractivity (Wildman–Crippen MR) is 106 cm³/mol. The highest BCUT2D eigenvalue weighted by Gasteiger charge is 2.25. The normalized spacial score (nSPS) is 16.0. The average Bonchev–Trinajstić information content (AvgIpc) is 2.70. The third-order valence-corrected chi connectivity index (χ3v) is 4.87. The summed E-state index contributed by atoms with van der Waals surface area (Å²) in [5.74, 6) is 0.548. The fourth-order valence-corrected chi connectivity index (χ4v) is 3.23. The van der Waals surface area contributed by atoms with E-state index in [1.54, 1.807) is 12.1 Å². The van der Waals surface area contributed by atoms with E-state index in [2.05, 4.69) is 15.1 Å². The number of rotatable bonds is 6. The molecule has 0 spiro atoms. The number of amides is 1. The summed E-state index contributed by atoms with van der Waals surface area (Å²) in [7, 11) is 0. The molecule has 6 heteroatoms. The summed E-state index contributed by atoms with van der Waals surface area (Å²) < 4.78 is 18.5. The molecule has 3 rings (SSSR count). The number of halogens is 1. The van der Waals surface area contributed by atoms with Gasteiger partial charge in [0, 0.05) is 37.6 Å². The molecule has 0 unspecified atom stereocenters. The summed E-state index contributed by atoms with van der Waals surface area (Å²) in [5, 5.41) is 2.97. The summed E-state index contributed by atoms with van der Waals surface area (Å²) in [6.07, 6.45) is 0. The third-order valence-electron chi connectivity index (χ3n) is 4.87. The minimum atomic E-state index is -0.225. The van der Waals surface area contributed by atoms with E-state index in [0.717, 1.165) is 43.3 Å². The summed E-state index contributed by atoms with van der Waals surface area (Å²) in [4.78, 5) is 17.0. The van der Waals surface area contributed by atoms with Gasteiger partial charge in [0.2, 0.25) is 5.91 Å². The lowest BCUT2D eigenvalue weighted by Gasteiger charge is -2.38. The number of carbonyl (C=O) groups is 1. The summed E-state index contributed by atoms with van der Waals surface area (Å²) >= 11 is 0. The maximum atomic E-state index is 13.1. The molecule has 5 nitrogen and oxygen atoms in total. The number of nitrogens with zero attached hydrogens (tertiary/aromatic N) is 2. The van der Waals surface area contributed by atoms with Crippen LogP contribution in [-0.2, 0) is 4.79 Å². The van der Waals surface area contributed by atoms with Crippen molar-refractivity contribution < 1.29 is 13.9 Å². The largest absolute Gasteiger partial charge is 0.494 e. The van der Waals surface area contributed by atoms with Gasteiger partial charge in [-0.3, -0.25) is 9.69 Å². The van der Waals surface area contributed by atoms with Crippen molar-refractivity contribution in [1.82, 2.24) is 4.90 Å². The van der Waals surface area contributed by atoms with Gasteiger partial charge in [-0.1, -0.05) is 0 Å². The average molecular weight is 371 g/mol. The number of anilines is 2. The number of hydrogen-bond acceptors (Lipinski definition) is 4. The van der Waals surface area contributed by atoms with E-state index < -0.39 is 0 Å². The molecule has 0 aliphatic carbocycles. The predicted octanol–water partition coefficient (Wildman–Crippen LogP) is 3.37. The van der Waals surface area contributed by atoms with Crippen LogP contribution in [0.25, 0.3) is 0 Å². The molecule has 1 heterocycles. The minimum Gasteiger partial charge on any atom is -0.494 e. The molecule has 0 aromatic heterocycles. The Morgan fingerprint density at radius 1 is 1.07 bits per heavy atom. The number of piperazine rings is 1. The number of benzene rings is 2. The van der Waals surface area contributed by atoms with Gasteiger partial charge in [-0.05, 0) is 62.4 Å². The minimum absolute atomic E-state index is 0.0191. The Hall–Kier alpha value is -2.60. The molecule has 1 saturated heterocycles. The van der Waals surface area contributed by atoms with E-state index in [0.29, 0.717) is 6.61 Å². The topological polar surface area (TPSA) is 44.8 Å². The van der Waals surface area contributed by atoms with Gasteiger partial charge in [0.05, 0.1) is 12.6 Å². The molecule has 0 bridgehead atoms. The summed E-state index contributed by atoms with van der Waals surface area (Å²) in [6.45, 7) is 7.68. The molecule has 2 aromatic carbocycles. The van der Waals surface area contributed by atoms with Crippen LogP contribution in [-0.4, -0.2) is 49.6 Å². The molecule has 1 fully saturated rings. The lowest BCUT2D eigenvalue weighted by atomic mass is 10.2. The van der Waals surface area contributed by atoms with E-state index in [1.807, 2.05) is 38.1 Å². The van der Waals surface area contributed by atoms with Gasteiger partial charge in [0.1, 0.15) is 11.6 Å². The van der Waals surface area contributed by atoms with Crippen molar-refractivity contribution in [3.63, 3.8) is 0 Å². The highest BCUT2D eigenvalue weighted by molar-refractivity contribution is 5.94. The van der Waals surface area contributed by atoms with E-state index in [-0.39, 0.29) is 17.8 Å². The fourth-order valence-electron chi connectivity index (χ4n) is 3.23. The molecular formula is C21H26FN3O2. The summed E-state index contributed by atoms with van der Waals surface area (Å²) in [6, 6.07) is 13.7. The molecule has 0 saturated carbocycles. The molecule has 1 aliphatic rings. The van der Waals surface area contributed by atoms with Crippen molar-refractivity contribution in [2.75, 3.05) is 43.0 Å². The Morgan fingerprint density at radius 2 is 1.70 bits per heavy atom. The maximum Gasteiger partial charge on any atom is 0.241 e. The van der Waals surface area contributed by atoms with Gasteiger partial charge < -0.3 is 15.0 Å². The molecule has 0 radical (unpaired) electrons. The quantitative estimate of drug-likeness (QED) is 0.846. The Balaban J connectivity index is 1.51. The number of hydrogen-bond donors (Lipinski definition) is 1. The number of nitrogens with one attached hydrogen (secondary N) is 1. The van der Waals surface area contributed by atoms with Crippen molar-refractivity contribution in [3.8, 4) is 5.75 Å². The monoisotopic (exact) mass is 371 g/mol. The van der Waals surface area contributed by atoms with Gasteiger partial charge >= 0.3 is 0 Å². The zero-order valence-corrected chi connectivity index (χ0v) is 15.8. The summed E-state index contributed by atoms with van der Waals surface area (Å²) in [5.41, 5.74) is 1.78. The van der Waals surface area contributed by atoms with Gasteiger partial charge in [-0.25, -0.2) is 4.39 Å². The van der Waals surface area contributed by atoms with Gasteiger partial charge in [0.15, 0.2) is 0 Å². The van der Waals surface area contributed by atoms with E-state index >= 15 is 0 Å². The van der Waals surface area contributed by atoms with E-state index in [9.17, 15) is 9.18 Å². The molecule has 1 N–H and O–H groups in total. The lowest BCUT2D eigenvalue weighted by molar-refractivity contribution is -0.120. The van der Waals surface area contributed by atoms with Gasteiger partial charge in [-0.15, -0.1) is 0 Å². The van der Waals surface area contributed by atoms with Crippen LogP contribution in [0.15, 0.2) is 48.5 Å². The van der Waals surface area contributed by atoms with Crippen LogP contribution in [0.5, 0.6) is 5.75 Å². The van der Waals surface area contributed by atoms with Crippen molar-refractivity contribution in [1.29, 1.82) is 0 Å². The molecule has 1 atom stereocenters. The molecular weight excluding hydrogens is 345 g/mol. The van der Waals surface area contributed by atoms with Crippen molar-refractivity contribution >= 4 is 17.3 Å². The Labute approximate surface area is 159 Å². The first-order valence-corrected chi connectivity index (χ1v) is 9.35. The van der Waals surface area contributed by atoms with Crippen molar-refractivity contribution in [3.05, 3.63) is 54.3 Å². The van der Waals surface area contributed by atoms with Crippen LogP contribution in [0.4, 0.5) is 15.8 Å². The first kappa shape index (κ1) is 19.2. The molecule has 1 aliphatic heterocycles. The van der Waals surface area contributed by atoms with Crippen LogP contribution in [0.2, 0.25) is 0 Å². The lowest BCUT2D eigenvalue weighted by Crippen LogP contribution is -2.52. The second kappa shape index (κ2) is 8.86. The Bertz CT molecular complexity index is 741. The Kier molecular flexibility index (Phi) is 6.29. The number of carbonyl (C=O) groups excluding carboxylic acids is 1. The first-order chi connectivity index (χ1) is 13.1. The highest BCUT2D eigenvalue weighted by Crippen LogP contribution is 2.19. The second-order valence-corrected chi connectivity index (χ2v) is 6.62. The van der Waals surface area contributed by atoms with Crippen LogP contribution >= 0.6 is 0 Å². The maximum absolute atomic E-state index is 13.1. The molecule has 27 heavy (non-hydrogen) atoms. The van der Waals surface area contributed by atoms with E-state index in [1.165, 1.54) is 12.1 Å². The highest BCUT2D eigenvalue weighted by atomic mass is 19.1. The second-order valence-electron chi connectivity index (χ2n) is 6.62. The molecule has 144 valence electrons. The van der Waals surface area contributed by atoms with Gasteiger partial charge in [-0.2, -0.15) is 0 Å². The standard InChI is InChI=1S/C21H26FN3O2/c1-3-27-20-10-6-18(7-11-20)23-21(26)16(2)24-12-14-25(15-13-24)19-8-4-17(22)5-9-19/h4-11,16H,3,12-15H2,1-2H3,(H,23,26)/t16-/m0/s1. The van der Waals surface area contributed by atoms with Crippen LogP contribution in [0, 0.1) is 5.82 Å². The van der Waals surface area contributed by atoms with Crippen molar-refractivity contribution in [2.24, 2.45) is 0 Å². The van der Waals surface area contributed by atoms with Crippen LogP contribution in [0.1, 0.15) is 13.8 Å². The SMILES string of the molecule is CCOc1ccc(NC(=O)[C@H](C)N2CCN(c3ccc(F)cc3)CC2)cc1. The Morgan fingerprint density at radius 3 is 2.30 bits per heavy atom. The van der Waals surface area contributed by atoms with Crippen LogP contribution < -0.4 is 15.0 Å². The fraction of sp³-hybridized carbons (Fsp3) is 0.381. The van der Waals surface area contributed by atoms with Crippen LogP contribution in [0.3, 0.4) is 0 Å². The zero-order valence-electron chi connectivity index (χ0n) is 15.8. The zero-order chi connectivity index (χ0) is 19.2. The molecule has 1 amide bonds.